The first-order valence-electron chi connectivity index (χ1n) is 6.54. The maximum atomic E-state index is 11.9. The number of carboxylic acids is 1. The number of urea groups is 1. The lowest BCUT2D eigenvalue weighted by molar-refractivity contribution is 0.0694. The minimum Gasteiger partial charge on any atom is -0.507 e. The van der Waals surface area contributed by atoms with Crippen molar-refractivity contribution < 1.29 is 19.8 Å². The van der Waals surface area contributed by atoms with Gasteiger partial charge >= 0.3 is 12.0 Å². The highest BCUT2D eigenvalue weighted by molar-refractivity contribution is 5.93. The van der Waals surface area contributed by atoms with E-state index in [1.54, 1.807) is 11.9 Å². The van der Waals surface area contributed by atoms with Crippen molar-refractivity contribution in [3.05, 3.63) is 23.8 Å². The summed E-state index contributed by atoms with van der Waals surface area (Å²) in [6, 6.07) is 3.63. The topological polar surface area (TPSA) is 89.9 Å². The van der Waals surface area contributed by atoms with Crippen molar-refractivity contribution in [2.45, 2.75) is 26.2 Å². The third kappa shape index (κ3) is 4.46. The van der Waals surface area contributed by atoms with Crippen LogP contribution in [-0.2, 0) is 0 Å². The first-order valence-corrected chi connectivity index (χ1v) is 6.54. The van der Waals surface area contributed by atoms with Crippen LogP contribution >= 0.6 is 0 Å². The second kappa shape index (κ2) is 7.37. The van der Waals surface area contributed by atoms with Crippen LogP contribution in [0.25, 0.3) is 0 Å². The summed E-state index contributed by atoms with van der Waals surface area (Å²) in [7, 11) is 1.69. The van der Waals surface area contributed by atoms with E-state index < -0.39 is 5.97 Å². The number of carbonyl (C=O) groups is 2. The van der Waals surface area contributed by atoms with Crippen molar-refractivity contribution in [1.29, 1.82) is 0 Å². The van der Waals surface area contributed by atoms with Crippen LogP contribution in [0, 0.1) is 0 Å². The highest BCUT2D eigenvalue weighted by Crippen LogP contribution is 2.22. The smallest absolute Gasteiger partial charge is 0.339 e. The molecule has 110 valence electrons. The Balaban J connectivity index is 2.62. The number of aromatic carboxylic acids is 1. The Morgan fingerprint density at radius 1 is 1.30 bits per heavy atom. The third-order valence-corrected chi connectivity index (χ3v) is 2.92. The number of unbranched alkanes of at least 4 members (excludes halogenated alkanes) is 2. The molecule has 0 bridgehead atoms. The molecule has 0 fully saturated rings. The minimum absolute atomic E-state index is 0.195. The molecule has 0 saturated heterocycles. The summed E-state index contributed by atoms with van der Waals surface area (Å²) in [6.45, 7) is 2.74. The number of carbonyl (C=O) groups excluding carboxylic acids is 1. The van der Waals surface area contributed by atoms with Crippen molar-refractivity contribution in [2.75, 3.05) is 18.9 Å². The molecular formula is C14H20N2O4. The van der Waals surface area contributed by atoms with Crippen molar-refractivity contribution in [3.8, 4) is 5.75 Å². The summed E-state index contributed by atoms with van der Waals surface area (Å²) in [5.41, 5.74) is 0.166. The van der Waals surface area contributed by atoms with Gasteiger partial charge < -0.3 is 20.4 Å². The van der Waals surface area contributed by atoms with E-state index in [0.29, 0.717) is 12.2 Å². The Morgan fingerprint density at radius 2 is 2.00 bits per heavy atom. The lowest BCUT2D eigenvalue weighted by Gasteiger charge is -2.18. The largest absolute Gasteiger partial charge is 0.507 e. The zero-order valence-corrected chi connectivity index (χ0v) is 11.7. The average Bonchev–Trinajstić information content (AvgIpc) is 2.38. The normalized spacial score (nSPS) is 10.1. The molecule has 0 aromatic heterocycles. The van der Waals surface area contributed by atoms with E-state index in [0.717, 1.165) is 19.3 Å². The molecule has 1 rings (SSSR count). The van der Waals surface area contributed by atoms with E-state index in [2.05, 4.69) is 12.2 Å². The highest BCUT2D eigenvalue weighted by atomic mass is 16.4. The van der Waals surface area contributed by atoms with E-state index in [-0.39, 0.29) is 17.3 Å². The molecule has 0 aliphatic carbocycles. The molecule has 1 aromatic carbocycles. The second-order valence-electron chi connectivity index (χ2n) is 4.60. The quantitative estimate of drug-likeness (QED) is 0.699. The number of nitrogens with one attached hydrogen (secondary N) is 1. The van der Waals surface area contributed by atoms with Crippen LogP contribution in [0.5, 0.6) is 5.75 Å². The second-order valence-corrected chi connectivity index (χ2v) is 4.60. The van der Waals surface area contributed by atoms with Gasteiger partial charge in [-0.05, 0) is 18.6 Å². The zero-order valence-electron chi connectivity index (χ0n) is 11.7. The van der Waals surface area contributed by atoms with E-state index in [4.69, 9.17) is 5.11 Å². The highest BCUT2D eigenvalue weighted by Gasteiger charge is 2.12. The first kappa shape index (κ1) is 15.8. The zero-order chi connectivity index (χ0) is 15.1. The molecule has 0 unspecified atom stereocenters. The van der Waals surface area contributed by atoms with Gasteiger partial charge in [-0.2, -0.15) is 0 Å². The van der Waals surface area contributed by atoms with Crippen LogP contribution in [-0.4, -0.2) is 40.7 Å². The van der Waals surface area contributed by atoms with Crippen LogP contribution in [0.4, 0.5) is 10.5 Å². The van der Waals surface area contributed by atoms with Gasteiger partial charge in [-0.1, -0.05) is 19.8 Å². The van der Waals surface area contributed by atoms with Crippen LogP contribution in [0.3, 0.4) is 0 Å². The first-order chi connectivity index (χ1) is 9.45. The van der Waals surface area contributed by atoms with E-state index in [1.807, 2.05) is 0 Å². The summed E-state index contributed by atoms with van der Waals surface area (Å²) < 4.78 is 0. The maximum Gasteiger partial charge on any atom is 0.339 e. The van der Waals surface area contributed by atoms with Gasteiger partial charge in [-0.3, -0.25) is 0 Å². The van der Waals surface area contributed by atoms with Crippen molar-refractivity contribution in [1.82, 2.24) is 4.90 Å². The number of benzene rings is 1. The average molecular weight is 280 g/mol. The molecule has 0 atom stereocenters. The lowest BCUT2D eigenvalue weighted by Crippen LogP contribution is -2.32. The van der Waals surface area contributed by atoms with Crippen molar-refractivity contribution >= 4 is 17.7 Å². The van der Waals surface area contributed by atoms with Crippen molar-refractivity contribution in [3.63, 3.8) is 0 Å². The fourth-order valence-corrected chi connectivity index (χ4v) is 1.71. The number of hydrogen-bond donors (Lipinski definition) is 3. The predicted molar refractivity (Wildman–Crippen MR) is 76.2 cm³/mol. The Kier molecular flexibility index (Phi) is 5.83. The summed E-state index contributed by atoms with van der Waals surface area (Å²) >= 11 is 0. The van der Waals surface area contributed by atoms with Gasteiger partial charge in [0.1, 0.15) is 11.3 Å². The summed E-state index contributed by atoms with van der Waals surface area (Å²) in [4.78, 5) is 24.2. The third-order valence-electron chi connectivity index (χ3n) is 2.92. The van der Waals surface area contributed by atoms with Crippen LogP contribution in [0.15, 0.2) is 18.2 Å². The van der Waals surface area contributed by atoms with Gasteiger partial charge in [0, 0.05) is 25.3 Å². The van der Waals surface area contributed by atoms with Gasteiger partial charge in [-0.25, -0.2) is 9.59 Å². The van der Waals surface area contributed by atoms with Crippen LogP contribution < -0.4 is 5.32 Å². The van der Waals surface area contributed by atoms with Gasteiger partial charge in [0.05, 0.1) is 0 Å². The number of nitrogens with zero attached hydrogens (tertiary/aromatic N) is 1. The Morgan fingerprint density at radius 3 is 2.55 bits per heavy atom. The number of phenols is 1. The van der Waals surface area contributed by atoms with Crippen molar-refractivity contribution in [2.24, 2.45) is 0 Å². The summed E-state index contributed by atoms with van der Waals surface area (Å²) in [6.07, 6.45) is 3.08. The Bertz CT molecular complexity index is 488. The SMILES string of the molecule is CCCCCN(C)C(=O)Nc1ccc(C(=O)O)c(O)c1. The molecule has 6 heteroatoms. The fourth-order valence-electron chi connectivity index (χ4n) is 1.71. The van der Waals surface area contributed by atoms with Gasteiger partial charge in [0.15, 0.2) is 0 Å². The molecule has 0 saturated carbocycles. The maximum absolute atomic E-state index is 11.9. The molecule has 3 N–H and O–H groups in total. The molecule has 1 aromatic rings. The number of amides is 2. The molecule has 0 radical (unpaired) electrons. The number of anilines is 1. The van der Waals surface area contributed by atoms with Gasteiger partial charge in [0.2, 0.25) is 0 Å². The molecule has 0 spiro atoms. The molecule has 0 aliphatic heterocycles. The summed E-state index contributed by atoms with van der Waals surface area (Å²) in [5, 5.41) is 20.9. The monoisotopic (exact) mass is 280 g/mol. The van der Waals surface area contributed by atoms with Crippen LogP contribution in [0.2, 0.25) is 0 Å². The fraction of sp³-hybridized carbons (Fsp3) is 0.429. The molecule has 6 nitrogen and oxygen atoms in total. The van der Waals surface area contributed by atoms with Gasteiger partial charge in [0.25, 0.3) is 0 Å². The number of carboxylic acid groups (broad SMARTS) is 1. The molecule has 20 heavy (non-hydrogen) atoms. The van der Waals surface area contributed by atoms with E-state index >= 15 is 0 Å². The Labute approximate surface area is 118 Å². The minimum atomic E-state index is -1.21. The Hall–Kier alpha value is -2.24. The predicted octanol–water partition coefficient (Wildman–Crippen LogP) is 2.74. The molecule has 0 heterocycles. The number of aromatic hydroxyl groups is 1. The summed E-state index contributed by atoms with van der Waals surface area (Å²) in [5.74, 6) is -1.58. The molecular weight excluding hydrogens is 260 g/mol. The molecule has 2 amide bonds. The molecule has 0 aliphatic rings. The number of rotatable bonds is 6. The van der Waals surface area contributed by atoms with Crippen LogP contribution in [0.1, 0.15) is 36.5 Å². The van der Waals surface area contributed by atoms with E-state index in [1.165, 1.54) is 18.2 Å². The van der Waals surface area contributed by atoms with Gasteiger partial charge in [-0.15, -0.1) is 0 Å². The lowest BCUT2D eigenvalue weighted by atomic mass is 10.2. The standard InChI is InChI=1S/C14H20N2O4/c1-3-4-5-8-16(2)14(20)15-10-6-7-11(13(18)19)12(17)9-10/h6-7,9,17H,3-5,8H2,1-2H3,(H,15,20)(H,18,19). The van der Waals surface area contributed by atoms with E-state index in [9.17, 15) is 14.7 Å². The number of hydrogen-bond acceptors (Lipinski definition) is 3.